The van der Waals surface area contributed by atoms with Crippen LogP contribution in [0, 0.1) is 13.8 Å². The quantitative estimate of drug-likeness (QED) is 0.125. The van der Waals surface area contributed by atoms with Gasteiger partial charge in [0.2, 0.25) is 0 Å². The van der Waals surface area contributed by atoms with Crippen molar-refractivity contribution in [2.24, 2.45) is 0 Å². The molecule has 0 aliphatic heterocycles. The molecule has 0 N–H and O–H groups in total. The van der Waals surface area contributed by atoms with Crippen LogP contribution >= 0.6 is 23.1 Å². The molecule has 3 aromatic heterocycles. The second kappa shape index (κ2) is 10.1. The first kappa shape index (κ1) is 24.6. The number of ether oxygens (including phenoxy) is 1. The van der Waals surface area contributed by atoms with Gasteiger partial charge in [-0.2, -0.15) is 0 Å². The summed E-state index contributed by atoms with van der Waals surface area (Å²) in [7, 11) is 1.64. The Kier molecular flexibility index (Phi) is 6.90. The van der Waals surface area contributed by atoms with E-state index in [0.717, 1.165) is 58.7 Å². The van der Waals surface area contributed by atoms with Crippen LogP contribution in [-0.2, 0) is 19.4 Å². The standard InChI is InChI=1S/C28H29N3O3S2/c1-5-14-30-27(33)25-21-8-6-7-9-24(21)36-26(25)29-28(30)35-16-23(32)22-15-17(2)31(18(22)3)19-10-12-20(34-4)13-11-19/h5,10-13,15H,1,6-9,14,16H2,2-4H3. The van der Waals surface area contributed by atoms with Gasteiger partial charge in [-0.3, -0.25) is 14.2 Å². The molecule has 4 aromatic rings. The van der Waals surface area contributed by atoms with Gasteiger partial charge in [0.05, 0.1) is 18.2 Å². The number of fused-ring (bicyclic) bond motifs is 3. The summed E-state index contributed by atoms with van der Waals surface area (Å²) in [4.78, 5) is 33.7. The third-order valence-corrected chi connectivity index (χ3v) is 8.91. The van der Waals surface area contributed by atoms with Crippen molar-refractivity contribution in [3.8, 4) is 11.4 Å². The molecule has 0 radical (unpaired) electrons. The van der Waals surface area contributed by atoms with Gasteiger partial charge in [0.15, 0.2) is 10.9 Å². The third kappa shape index (κ3) is 4.33. The second-order valence-corrected chi connectivity index (χ2v) is 11.0. The number of methoxy groups -OCH3 is 1. The van der Waals surface area contributed by atoms with Gasteiger partial charge in [-0.25, -0.2) is 4.98 Å². The highest BCUT2D eigenvalue weighted by Crippen LogP contribution is 2.35. The number of ketones is 1. The molecule has 0 saturated carbocycles. The van der Waals surface area contributed by atoms with E-state index < -0.39 is 0 Å². The Hall–Kier alpha value is -3.10. The number of carbonyl (C=O) groups excluding carboxylic acids is 1. The normalized spacial score (nSPS) is 13.1. The molecule has 6 nitrogen and oxygen atoms in total. The fraction of sp³-hybridized carbons (Fsp3) is 0.321. The minimum absolute atomic E-state index is 0.0119. The van der Waals surface area contributed by atoms with Crippen molar-refractivity contribution >= 4 is 39.1 Å². The number of carbonyl (C=O) groups is 1. The molecule has 1 aliphatic rings. The van der Waals surface area contributed by atoms with E-state index >= 15 is 0 Å². The highest BCUT2D eigenvalue weighted by Gasteiger charge is 2.23. The summed E-state index contributed by atoms with van der Waals surface area (Å²) in [6.07, 6.45) is 5.94. The number of Topliss-reactive ketones (excluding diaryl/α,β-unsaturated/α-hetero) is 1. The lowest BCUT2D eigenvalue weighted by Crippen LogP contribution is -2.23. The molecule has 3 heterocycles. The number of nitrogens with zero attached hydrogens (tertiary/aromatic N) is 3. The molecular formula is C28H29N3O3S2. The lowest BCUT2D eigenvalue weighted by Gasteiger charge is -2.12. The Morgan fingerprint density at radius 1 is 1.22 bits per heavy atom. The monoisotopic (exact) mass is 519 g/mol. The number of aryl methyl sites for hydroxylation is 3. The molecule has 8 heteroatoms. The van der Waals surface area contributed by atoms with Gasteiger partial charge in [-0.1, -0.05) is 17.8 Å². The first-order valence-corrected chi connectivity index (χ1v) is 13.9. The average Bonchev–Trinajstić information content (AvgIpc) is 3.41. The number of thiophene rings is 1. The zero-order valence-corrected chi connectivity index (χ0v) is 22.4. The van der Waals surface area contributed by atoms with Crippen LogP contribution in [0.4, 0.5) is 0 Å². The lowest BCUT2D eigenvalue weighted by molar-refractivity contribution is 0.102. The first-order chi connectivity index (χ1) is 17.4. The van der Waals surface area contributed by atoms with E-state index in [-0.39, 0.29) is 17.1 Å². The molecule has 186 valence electrons. The van der Waals surface area contributed by atoms with Crippen molar-refractivity contribution in [2.75, 3.05) is 12.9 Å². The number of hydrogen-bond donors (Lipinski definition) is 0. The van der Waals surface area contributed by atoms with Crippen LogP contribution in [0.3, 0.4) is 0 Å². The zero-order chi connectivity index (χ0) is 25.4. The predicted octanol–water partition coefficient (Wildman–Crippen LogP) is 5.91. The minimum atomic E-state index is -0.0214. The average molecular weight is 520 g/mol. The van der Waals surface area contributed by atoms with E-state index in [2.05, 4.69) is 11.1 Å². The van der Waals surface area contributed by atoms with Gasteiger partial charge < -0.3 is 9.30 Å². The molecule has 1 aromatic carbocycles. The van der Waals surface area contributed by atoms with Crippen LogP contribution in [0.2, 0.25) is 0 Å². The van der Waals surface area contributed by atoms with Crippen LogP contribution < -0.4 is 10.3 Å². The molecule has 1 aliphatic carbocycles. The SMILES string of the molecule is C=CCn1c(SCC(=O)c2cc(C)n(-c3ccc(OC)cc3)c2C)nc2sc3c(c2c1=O)CCCC3. The number of rotatable bonds is 8. The second-order valence-electron chi connectivity index (χ2n) is 9.02. The molecule has 0 fully saturated rings. The smallest absolute Gasteiger partial charge is 0.263 e. The number of aromatic nitrogens is 3. The van der Waals surface area contributed by atoms with Crippen molar-refractivity contribution in [1.29, 1.82) is 0 Å². The molecule has 0 amide bonds. The number of thioether (sulfide) groups is 1. The van der Waals surface area contributed by atoms with E-state index in [0.29, 0.717) is 17.3 Å². The van der Waals surface area contributed by atoms with E-state index in [9.17, 15) is 9.59 Å². The summed E-state index contributed by atoms with van der Waals surface area (Å²) in [6, 6.07) is 9.72. The Morgan fingerprint density at radius 2 is 1.97 bits per heavy atom. The fourth-order valence-electron chi connectivity index (χ4n) is 5.00. The van der Waals surface area contributed by atoms with Gasteiger partial charge in [-0.15, -0.1) is 17.9 Å². The highest BCUT2D eigenvalue weighted by atomic mass is 32.2. The van der Waals surface area contributed by atoms with E-state index in [1.165, 1.54) is 22.2 Å². The molecule has 5 rings (SSSR count). The maximum atomic E-state index is 13.5. The molecular weight excluding hydrogens is 490 g/mol. The first-order valence-electron chi connectivity index (χ1n) is 12.1. The third-order valence-electron chi connectivity index (χ3n) is 6.75. The van der Waals surface area contributed by atoms with Crippen LogP contribution in [-0.4, -0.2) is 32.8 Å². The summed E-state index contributed by atoms with van der Waals surface area (Å²) in [5.41, 5.74) is 4.69. The van der Waals surface area contributed by atoms with Crippen LogP contribution in [0.15, 0.2) is 52.9 Å². The topological polar surface area (TPSA) is 66.1 Å². The van der Waals surface area contributed by atoms with E-state index in [1.54, 1.807) is 29.1 Å². The maximum absolute atomic E-state index is 13.5. The zero-order valence-electron chi connectivity index (χ0n) is 20.8. The number of benzene rings is 1. The Bertz CT molecular complexity index is 1530. The summed E-state index contributed by atoms with van der Waals surface area (Å²) in [5, 5.41) is 1.33. The molecule has 0 unspecified atom stereocenters. The van der Waals surface area contributed by atoms with Gasteiger partial charge in [-0.05, 0) is 75.4 Å². The number of allylic oxidation sites excluding steroid dienone is 1. The molecule has 36 heavy (non-hydrogen) atoms. The van der Waals surface area contributed by atoms with Crippen LogP contribution in [0.25, 0.3) is 15.9 Å². The molecule has 0 spiro atoms. The van der Waals surface area contributed by atoms with Crippen molar-refractivity contribution in [3.05, 3.63) is 80.7 Å². The maximum Gasteiger partial charge on any atom is 0.263 e. The Balaban J connectivity index is 1.44. The fourth-order valence-corrected chi connectivity index (χ4v) is 7.20. The van der Waals surface area contributed by atoms with Gasteiger partial charge in [0.25, 0.3) is 5.56 Å². The summed E-state index contributed by atoms with van der Waals surface area (Å²) < 4.78 is 9.00. The Labute approximate surface area is 218 Å². The van der Waals surface area contributed by atoms with Gasteiger partial charge >= 0.3 is 0 Å². The largest absolute Gasteiger partial charge is 0.497 e. The summed E-state index contributed by atoms with van der Waals surface area (Å²) in [5.74, 6) is 1.00. The van der Waals surface area contributed by atoms with Crippen LogP contribution in [0.1, 0.15) is 45.0 Å². The minimum Gasteiger partial charge on any atom is -0.497 e. The van der Waals surface area contributed by atoms with Gasteiger partial charge in [0, 0.05) is 34.1 Å². The molecule has 0 saturated heterocycles. The Morgan fingerprint density at radius 3 is 2.69 bits per heavy atom. The van der Waals surface area contributed by atoms with Crippen molar-refractivity contribution in [3.63, 3.8) is 0 Å². The predicted molar refractivity (Wildman–Crippen MR) is 148 cm³/mol. The summed E-state index contributed by atoms with van der Waals surface area (Å²) in [6.45, 7) is 8.16. The lowest BCUT2D eigenvalue weighted by atomic mass is 9.97. The van der Waals surface area contributed by atoms with E-state index in [1.807, 2.05) is 44.2 Å². The van der Waals surface area contributed by atoms with E-state index in [4.69, 9.17) is 9.72 Å². The van der Waals surface area contributed by atoms with Crippen LogP contribution in [0.5, 0.6) is 5.75 Å². The highest BCUT2D eigenvalue weighted by molar-refractivity contribution is 7.99. The molecule has 0 atom stereocenters. The van der Waals surface area contributed by atoms with Crippen molar-refractivity contribution in [2.45, 2.75) is 51.2 Å². The molecule has 0 bridgehead atoms. The van der Waals surface area contributed by atoms with Crippen molar-refractivity contribution < 1.29 is 9.53 Å². The van der Waals surface area contributed by atoms with Gasteiger partial charge in [0.1, 0.15) is 10.6 Å². The number of hydrogen-bond acceptors (Lipinski definition) is 6. The summed E-state index contributed by atoms with van der Waals surface area (Å²) >= 11 is 2.96. The van der Waals surface area contributed by atoms with Crippen molar-refractivity contribution in [1.82, 2.24) is 14.1 Å².